The molecule has 3 rings (SSSR count). The fraction of sp³-hybridized carbons (Fsp3) is 0.353. The molecule has 0 aliphatic carbocycles. The molecule has 5 amide bonds. The Hall–Kier alpha value is -2.78. The van der Waals surface area contributed by atoms with Gasteiger partial charge in [-0.25, -0.2) is 9.69 Å². The number of carbonyl (C=O) groups is 4. The number of rotatable bonds is 5. The molecule has 2 fully saturated rings. The van der Waals surface area contributed by atoms with E-state index in [9.17, 15) is 19.2 Å². The van der Waals surface area contributed by atoms with E-state index in [0.717, 1.165) is 10.5 Å². The van der Waals surface area contributed by atoms with Gasteiger partial charge in [-0.15, -0.1) is 19.0 Å². The highest BCUT2D eigenvalue weighted by atomic mass is 35.5. The van der Waals surface area contributed by atoms with E-state index in [0.29, 0.717) is 24.5 Å². The predicted molar refractivity (Wildman–Crippen MR) is 97.8 cm³/mol. The van der Waals surface area contributed by atoms with Crippen LogP contribution in [0.4, 0.5) is 4.79 Å². The van der Waals surface area contributed by atoms with E-state index in [1.807, 2.05) is 6.07 Å². The van der Waals surface area contributed by atoms with Crippen molar-refractivity contribution in [1.29, 1.82) is 0 Å². The van der Waals surface area contributed by atoms with Crippen LogP contribution in [0.1, 0.15) is 11.6 Å². The Morgan fingerprint density at radius 1 is 1.30 bits per heavy atom. The van der Waals surface area contributed by atoms with Crippen LogP contribution in [-0.4, -0.2) is 76.2 Å². The molecule has 1 atom stereocenters. The van der Waals surface area contributed by atoms with Crippen molar-refractivity contribution in [3.8, 4) is 0 Å². The minimum Gasteiger partial charge on any atom is -0.331 e. The summed E-state index contributed by atoms with van der Waals surface area (Å²) < 4.78 is 0. The number of pyridine rings is 1. The number of aromatic nitrogens is 1. The third kappa shape index (κ3) is 3.99. The van der Waals surface area contributed by atoms with Crippen LogP contribution in [0.3, 0.4) is 0 Å². The molecule has 0 aromatic carbocycles. The molecule has 10 heteroatoms. The van der Waals surface area contributed by atoms with Gasteiger partial charge in [0.1, 0.15) is 6.54 Å². The molecule has 0 saturated carbocycles. The standard InChI is InChI=1S/C17H19N5O4.ClH/c1-2-7-21-15(24)16(25)22(17(21)26)11-14(23)20-8-6-19-10-13(20)12-4-3-5-18-9-12;/h2-5,9,13,19H,1,6-8,10-11H2;1H. The Labute approximate surface area is 162 Å². The van der Waals surface area contributed by atoms with Crippen molar-refractivity contribution < 1.29 is 19.2 Å². The van der Waals surface area contributed by atoms with Crippen molar-refractivity contribution in [3.63, 3.8) is 0 Å². The first-order chi connectivity index (χ1) is 12.5. The van der Waals surface area contributed by atoms with E-state index in [-0.39, 0.29) is 25.0 Å². The highest BCUT2D eigenvalue weighted by molar-refractivity contribution is 6.45. The molecule has 2 aliphatic rings. The van der Waals surface area contributed by atoms with Crippen molar-refractivity contribution in [2.24, 2.45) is 0 Å². The molecule has 1 N–H and O–H groups in total. The maximum Gasteiger partial charge on any atom is 0.335 e. The summed E-state index contributed by atoms with van der Waals surface area (Å²) in [5.74, 6) is -2.32. The Morgan fingerprint density at radius 2 is 2.04 bits per heavy atom. The molecule has 1 unspecified atom stereocenters. The Morgan fingerprint density at radius 3 is 2.70 bits per heavy atom. The number of nitrogens with zero attached hydrogens (tertiary/aromatic N) is 4. The molecule has 9 nitrogen and oxygen atoms in total. The van der Waals surface area contributed by atoms with Gasteiger partial charge >= 0.3 is 17.8 Å². The predicted octanol–water partition coefficient (Wildman–Crippen LogP) is -0.0469. The van der Waals surface area contributed by atoms with Crippen LogP contribution in [0.15, 0.2) is 37.2 Å². The van der Waals surface area contributed by atoms with Crippen molar-refractivity contribution >= 4 is 36.2 Å². The summed E-state index contributed by atoms with van der Waals surface area (Å²) in [6, 6.07) is 2.61. The van der Waals surface area contributed by atoms with Crippen LogP contribution in [0, 0.1) is 0 Å². The van der Waals surface area contributed by atoms with Crippen LogP contribution in [0.5, 0.6) is 0 Å². The molecule has 1 aromatic heterocycles. The largest absolute Gasteiger partial charge is 0.335 e. The second-order valence-electron chi connectivity index (χ2n) is 5.97. The SMILES string of the molecule is C=CCN1C(=O)C(=O)N(CC(=O)N2CCNCC2c2cccnc2)C1=O.Cl. The minimum atomic E-state index is -0.988. The van der Waals surface area contributed by atoms with Crippen molar-refractivity contribution in [3.05, 3.63) is 42.7 Å². The lowest BCUT2D eigenvalue weighted by Crippen LogP contribution is -2.52. The summed E-state index contributed by atoms with van der Waals surface area (Å²) in [4.78, 5) is 56.1. The second-order valence-corrected chi connectivity index (χ2v) is 5.97. The van der Waals surface area contributed by atoms with Gasteiger partial charge < -0.3 is 10.2 Å². The lowest BCUT2D eigenvalue weighted by molar-refractivity contribution is -0.145. The van der Waals surface area contributed by atoms with Crippen LogP contribution < -0.4 is 5.32 Å². The van der Waals surface area contributed by atoms with Gasteiger partial charge in [0, 0.05) is 38.6 Å². The molecule has 2 saturated heterocycles. The molecule has 1 aromatic rings. The van der Waals surface area contributed by atoms with Gasteiger partial charge in [0.15, 0.2) is 0 Å². The number of hydrogen-bond donors (Lipinski definition) is 1. The molecule has 3 heterocycles. The highest BCUT2D eigenvalue weighted by Crippen LogP contribution is 2.22. The summed E-state index contributed by atoms with van der Waals surface area (Å²) in [5, 5.41) is 3.22. The number of urea groups is 1. The monoisotopic (exact) mass is 393 g/mol. The van der Waals surface area contributed by atoms with Crippen LogP contribution in [0.25, 0.3) is 0 Å². The number of amides is 5. The van der Waals surface area contributed by atoms with Gasteiger partial charge in [-0.1, -0.05) is 12.1 Å². The van der Waals surface area contributed by atoms with Crippen LogP contribution in [-0.2, 0) is 14.4 Å². The first kappa shape index (κ1) is 20.5. The maximum absolute atomic E-state index is 12.8. The Kier molecular flexibility index (Phi) is 6.65. The first-order valence-corrected chi connectivity index (χ1v) is 8.23. The molecule has 27 heavy (non-hydrogen) atoms. The number of halogens is 1. The van der Waals surface area contributed by atoms with Crippen molar-refractivity contribution in [2.75, 3.05) is 32.7 Å². The van der Waals surface area contributed by atoms with E-state index in [2.05, 4.69) is 16.9 Å². The third-order valence-electron chi connectivity index (χ3n) is 4.37. The van der Waals surface area contributed by atoms with E-state index >= 15 is 0 Å². The molecule has 2 aliphatic heterocycles. The van der Waals surface area contributed by atoms with E-state index < -0.39 is 30.3 Å². The van der Waals surface area contributed by atoms with Crippen molar-refractivity contribution in [1.82, 2.24) is 25.0 Å². The average molecular weight is 394 g/mol. The third-order valence-corrected chi connectivity index (χ3v) is 4.37. The van der Waals surface area contributed by atoms with Gasteiger partial charge in [-0.3, -0.25) is 24.3 Å². The van der Waals surface area contributed by atoms with Gasteiger partial charge in [0.2, 0.25) is 5.91 Å². The molecular weight excluding hydrogens is 374 g/mol. The van der Waals surface area contributed by atoms with Gasteiger partial charge in [0.25, 0.3) is 0 Å². The summed E-state index contributed by atoms with van der Waals surface area (Å²) in [6.07, 6.45) is 4.68. The molecule has 0 bridgehead atoms. The Balaban J connectivity index is 0.00000261. The number of imide groups is 2. The van der Waals surface area contributed by atoms with E-state index in [1.54, 1.807) is 23.4 Å². The lowest BCUT2D eigenvalue weighted by Gasteiger charge is -2.37. The first-order valence-electron chi connectivity index (χ1n) is 8.23. The Bertz CT molecular complexity index is 757. The summed E-state index contributed by atoms with van der Waals surface area (Å²) >= 11 is 0. The number of nitrogens with one attached hydrogen (secondary N) is 1. The fourth-order valence-corrected chi connectivity index (χ4v) is 3.08. The lowest BCUT2D eigenvalue weighted by atomic mass is 10.1. The van der Waals surface area contributed by atoms with Crippen LogP contribution in [0.2, 0.25) is 0 Å². The zero-order chi connectivity index (χ0) is 18.7. The molecule has 0 spiro atoms. The summed E-state index contributed by atoms with van der Waals surface area (Å²) in [5.41, 5.74) is 0.858. The number of hydrogen-bond acceptors (Lipinski definition) is 6. The molecule has 144 valence electrons. The fourth-order valence-electron chi connectivity index (χ4n) is 3.08. The van der Waals surface area contributed by atoms with Crippen LogP contribution >= 0.6 is 12.4 Å². The second kappa shape index (κ2) is 8.74. The smallest absolute Gasteiger partial charge is 0.331 e. The van der Waals surface area contributed by atoms with E-state index in [4.69, 9.17) is 0 Å². The summed E-state index contributed by atoms with van der Waals surface area (Å²) in [6.45, 7) is 4.50. The van der Waals surface area contributed by atoms with Gasteiger partial charge in [-0.05, 0) is 11.6 Å². The highest BCUT2D eigenvalue weighted by Gasteiger charge is 2.45. The zero-order valence-corrected chi connectivity index (χ0v) is 15.4. The topological polar surface area (TPSA) is 103 Å². The van der Waals surface area contributed by atoms with E-state index in [1.165, 1.54) is 6.08 Å². The molecule has 0 radical (unpaired) electrons. The van der Waals surface area contributed by atoms with Gasteiger partial charge in [-0.2, -0.15) is 0 Å². The zero-order valence-electron chi connectivity index (χ0n) is 14.5. The van der Waals surface area contributed by atoms with Gasteiger partial charge in [0.05, 0.1) is 6.04 Å². The van der Waals surface area contributed by atoms with Crippen molar-refractivity contribution in [2.45, 2.75) is 6.04 Å². The average Bonchev–Trinajstić information content (AvgIpc) is 2.87. The maximum atomic E-state index is 12.8. The number of piperazine rings is 1. The normalized spacial score (nSPS) is 19.9. The quantitative estimate of drug-likeness (QED) is 0.427. The minimum absolute atomic E-state index is 0. The summed E-state index contributed by atoms with van der Waals surface area (Å²) in [7, 11) is 0. The molecular formula is C17H20ClN5O4. The number of carbonyl (C=O) groups excluding carboxylic acids is 4.